The Hall–Kier alpha value is -0.850. The monoisotopic (exact) mass is 311 g/mol. The summed E-state index contributed by atoms with van der Waals surface area (Å²) in [5.74, 6) is 0.473. The second-order valence-electron chi connectivity index (χ2n) is 6.47. The van der Waals surface area contributed by atoms with Crippen LogP contribution in [0.25, 0.3) is 0 Å². The average molecular weight is 311 g/mol. The van der Waals surface area contributed by atoms with Crippen LogP contribution in [0.3, 0.4) is 0 Å². The predicted octanol–water partition coefficient (Wildman–Crippen LogP) is 1.44. The molecule has 3 heterocycles. The van der Waals surface area contributed by atoms with Crippen molar-refractivity contribution < 1.29 is 8.42 Å². The van der Waals surface area contributed by atoms with Gasteiger partial charge in [0.15, 0.2) is 0 Å². The highest BCUT2D eigenvalue weighted by atomic mass is 32.2. The lowest BCUT2D eigenvalue weighted by Crippen LogP contribution is -2.33. The van der Waals surface area contributed by atoms with E-state index in [2.05, 4.69) is 34.8 Å². The molecule has 0 bridgehead atoms. The molecule has 118 valence electrons. The Morgan fingerprint density at radius 3 is 2.71 bits per heavy atom. The molecular formula is C15H25N3O2S. The van der Waals surface area contributed by atoms with Crippen LogP contribution >= 0.6 is 0 Å². The van der Waals surface area contributed by atoms with Gasteiger partial charge in [-0.2, -0.15) is 0 Å². The third-order valence-electron chi connectivity index (χ3n) is 4.90. The molecule has 6 heteroatoms. The van der Waals surface area contributed by atoms with E-state index in [1.54, 1.807) is 4.31 Å². The first-order chi connectivity index (χ1) is 9.95. The number of hydrogen-bond donors (Lipinski definition) is 0. The normalized spacial score (nSPS) is 28.5. The zero-order chi connectivity index (χ0) is 15.0. The third-order valence-corrected chi connectivity index (χ3v) is 6.17. The van der Waals surface area contributed by atoms with E-state index in [9.17, 15) is 8.42 Å². The van der Waals surface area contributed by atoms with E-state index >= 15 is 0 Å². The van der Waals surface area contributed by atoms with Gasteiger partial charge in [0, 0.05) is 38.6 Å². The molecule has 1 aromatic rings. The summed E-state index contributed by atoms with van der Waals surface area (Å²) in [6.07, 6.45) is 6.85. The molecular weight excluding hydrogens is 286 g/mol. The number of hydrogen-bond acceptors (Lipinski definition) is 3. The first kappa shape index (κ1) is 15.1. The first-order valence-electron chi connectivity index (χ1n) is 7.75. The van der Waals surface area contributed by atoms with Crippen molar-refractivity contribution in [2.45, 2.75) is 25.3 Å². The lowest BCUT2D eigenvalue weighted by atomic mass is 10.1. The Morgan fingerprint density at radius 2 is 2.10 bits per heavy atom. The number of rotatable bonds is 4. The standard InChI is InChI=1S/C15H25N3O2S/c1-16-8-3-5-14(16)15-6-4-9-17(15)11-13-7-10-18(12-13)21(2,19)20/h3,5,8,13,15H,4,6-7,9-12H2,1-2H3/t13-,15+/m0/s1. The van der Waals surface area contributed by atoms with Gasteiger partial charge in [0.2, 0.25) is 10.0 Å². The highest BCUT2D eigenvalue weighted by molar-refractivity contribution is 7.88. The third kappa shape index (κ3) is 3.17. The number of sulfonamides is 1. The summed E-state index contributed by atoms with van der Waals surface area (Å²) >= 11 is 0. The maximum absolute atomic E-state index is 11.6. The molecule has 0 aromatic carbocycles. The van der Waals surface area contributed by atoms with Crippen molar-refractivity contribution in [1.29, 1.82) is 0 Å². The molecule has 1 aromatic heterocycles. The fourth-order valence-corrected chi connectivity index (χ4v) is 4.70. The largest absolute Gasteiger partial charge is 0.353 e. The summed E-state index contributed by atoms with van der Waals surface area (Å²) in [7, 11) is -0.918. The highest BCUT2D eigenvalue weighted by Gasteiger charge is 2.33. The van der Waals surface area contributed by atoms with Gasteiger partial charge in [-0.25, -0.2) is 12.7 Å². The van der Waals surface area contributed by atoms with Crippen molar-refractivity contribution in [2.75, 3.05) is 32.4 Å². The van der Waals surface area contributed by atoms with Crippen LogP contribution in [-0.2, 0) is 17.1 Å². The van der Waals surface area contributed by atoms with Gasteiger partial charge in [-0.1, -0.05) is 0 Å². The van der Waals surface area contributed by atoms with E-state index in [0.717, 1.165) is 19.5 Å². The molecule has 5 nitrogen and oxygen atoms in total. The number of aryl methyl sites for hydroxylation is 1. The first-order valence-corrected chi connectivity index (χ1v) is 9.60. The fraction of sp³-hybridized carbons (Fsp3) is 0.733. The van der Waals surface area contributed by atoms with Crippen LogP contribution in [-0.4, -0.2) is 54.6 Å². The van der Waals surface area contributed by atoms with Crippen molar-refractivity contribution in [2.24, 2.45) is 13.0 Å². The summed E-state index contributed by atoms with van der Waals surface area (Å²) < 4.78 is 27.1. The molecule has 3 rings (SSSR count). The van der Waals surface area contributed by atoms with Gasteiger partial charge < -0.3 is 4.57 Å². The summed E-state index contributed by atoms with van der Waals surface area (Å²) in [5, 5.41) is 0. The maximum Gasteiger partial charge on any atom is 0.211 e. The molecule has 21 heavy (non-hydrogen) atoms. The van der Waals surface area contributed by atoms with Gasteiger partial charge >= 0.3 is 0 Å². The molecule has 0 saturated carbocycles. The van der Waals surface area contributed by atoms with Crippen LogP contribution in [0, 0.1) is 5.92 Å². The van der Waals surface area contributed by atoms with Crippen molar-refractivity contribution in [1.82, 2.24) is 13.8 Å². The zero-order valence-electron chi connectivity index (χ0n) is 12.9. The smallest absolute Gasteiger partial charge is 0.211 e. The minimum Gasteiger partial charge on any atom is -0.353 e. The quantitative estimate of drug-likeness (QED) is 0.845. The van der Waals surface area contributed by atoms with E-state index in [1.165, 1.54) is 24.8 Å². The van der Waals surface area contributed by atoms with Gasteiger partial charge in [0.1, 0.15) is 0 Å². The molecule has 0 N–H and O–H groups in total. The molecule has 0 aliphatic carbocycles. The molecule has 2 aliphatic heterocycles. The van der Waals surface area contributed by atoms with E-state index < -0.39 is 10.0 Å². The Labute approximate surface area is 127 Å². The SMILES string of the molecule is Cn1cccc1[C@H]1CCCN1C[C@@H]1CCN(S(C)(=O)=O)C1. The molecule has 2 aliphatic rings. The lowest BCUT2D eigenvalue weighted by molar-refractivity contribution is 0.213. The van der Waals surface area contributed by atoms with Crippen LogP contribution < -0.4 is 0 Å². The molecule has 0 spiro atoms. The fourth-order valence-electron chi connectivity index (χ4n) is 3.78. The molecule has 2 saturated heterocycles. The van der Waals surface area contributed by atoms with Crippen LogP contribution in [0.4, 0.5) is 0 Å². The minimum absolute atomic E-state index is 0.473. The van der Waals surface area contributed by atoms with E-state index in [0.29, 0.717) is 25.0 Å². The van der Waals surface area contributed by atoms with Crippen molar-refractivity contribution in [3.05, 3.63) is 24.0 Å². The van der Waals surface area contributed by atoms with Crippen LogP contribution in [0.5, 0.6) is 0 Å². The van der Waals surface area contributed by atoms with Crippen molar-refractivity contribution in [3.63, 3.8) is 0 Å². The zero-order valence-corrected chi connectivity index (χ0v) is 13.7. The Kier molecular flexibility index (Phi) is 4.12. The number of aromatic nitrogens is 1. The second kappa shape index (κ2) is 5.74. The summed E-state index contributed by atoms with van der Waals surface area (Å²) in [6.45, 7) is 3.52. The molecule has 0 radical (unpaired) electrons. The Morgan fingerprint density at radius 1 is 1.29 bits per heavy atom. The van der Waals surface area contributed by atoms with Gasteiger partial charge in [-0.05, 0) is 43.9 Å². The van der Waals surface area contributed by atoms with E-state index in [-0.39, 0.29) is 0 Å². The van der Waals surface area contributed by atoms with Gasteiger partial charge in [-0.15, -0.1) is 0 Å². The predicted molar refractivity (Wildman–Crippen MR) is 83.5 cm³/mol. The van der Waals surface area contributed by atoms with Gasteiger partial charge in [-0.3, -0.25) is 4.90 Å². The lowest BCUT2D eigenvalue weighted by Gasteiger charge is -2.27. The van der Waals surface area contributed by atoms with E-state index in [4.69, 9.17) is 0 Å². The summed E-state index contributed by atoms with van der Waals surface area (Å²) in [4.78, 5) is 2.55. The van der Waals surface area contributed by atoms with E-state index in [1.807, 2.05) is 0 Å². The van der Waals surface area contributed by atoms with Crippen LogP contribution in [0.15, 0.2) is 18.3 Å². The Balaban J connectivity index is 1.64. The molecule has 2 fully saturated rings. The topological polar surface area (TPSA) is 45.5 Å². The summed E-state index contributed by atoms with van der Waals surface area (Å²) in [6, 6.07) is 4.81. The Bertz CT molecular complexity index is 596. The average Bonchev–Trinajstić information content (AvgIpc) is 3.09. The van der Waals surface area contributed by atoms with Crippen molar-refractivity contribution >= 4 is 10.0 Å². The van der Waals surface area contributed by atoms with Crippen LogP contribution in [0.1, 0.15) is 31.0 Å². The van der Waals surface area contributed by atoms with Crippen LogP contribution in [0.2, 0.25) is 0 Å². The van der Waals surface area contributed by atoms with Crippen molar-refractivity contribution in [3.8, 4) is 0 Å². The number of nitrogens with zero attached hydrogens (tertiary/aromatic N) is 3. The summed E-state index contributed by atoms with van der Waals surface area (Å²) in [5.41, 5.74) is 1.38. The molecule has 2 atom stereocenters. The molecule has 0 unspecified atom stereocenters. The minimum atomic E-state index is -3.02. The van der Waals surface area contributed by atoms with Gasteiger partial charge in [0.25, 0.3) is 0 Å². The number of likely N-dealkylation sites (tertiary alicyclic amines) is 1. The molecule has 0 amide bonds. The second-order valence-corrected chi connectivity index (χ2v) is 8.46. The maximum atomic E-state index is 11.6. The highest BCUT2D eigenvalue weighted by Crippen LogP contribution is 2.33. The van der Waals surface area contributed by atoms with Gasteiger partial charge in [0.05, 0.1) is 12.3 Å².